The standard InChI is InChI=1S/C16H19ClN2OS/c1-10(15(20)11-4-6-13(17)7-5-11)18-8-14-9-21-16(19-14)12-2-3-12/h4-7,9-10,12,15,18,20H,2-3,8H2,1H3. The van der Waals surface area contributed by atoms with E-state index in [-0.39, 0.29) is 6.04 Å². The second-order valence-corrected chi connectivity index (χ2v) is 6.94. The van der Waals surface area contributed by atoms with Crippen LogP contribution in [0.15, 0.2) is 29.6 Å². The monoisotopic (exact) mass is 322 g/mol. The topological polar surface area (TPSA) is 45.2 Å². The highest BCUT2D eigenvalue weighted by molar-refractivity contribution is 7.09. The van der Waals surface area contributed by atoms with Crippen LogP contribution in [0.4, 0.5) is 0 Å². The summed E-state index contributed by atoms with van der Waals surface area (Å²) in [5.74, 6) is 0.709. The van der Waals surface area contributed by atoms with Crippen LogP contribution in [-0.2, 0) is 6.54 Å². The summed E-state index contributed by atoms with van der Waals surface area (Å²) in [6.45, 7) is 2.67. The van der Waals surface area contributed by atoms with E-state index in [2.05, 4.69) is 15.7 Å². The van der Waals surface area contributed by atoms with Gasteiger partial charge in [0.2, 0.25) is 0 Å². The summed E-state index contributed by atoms with van der Waals surface area (Å²) < 4.78 is 0. The summed E-state index contributed by atoms with van der Waals surface area (Å²) in [7, 11) is 0. The van der Waals surface area contributed by atoms with Crippen LogP contribution in [-0.4, -0.2) is 16.1 Å². The minimum absolute atomic E-state index is 0.0442. The molecule has 0 radical (unpaired) electrons. The molecule has 0 aliphatic heterocycles. The van der Waals surface area contributed by atoms with Gasteiger partial charge in [0.15, 0.2) is 0 Å². The van der Waals surface area contributed by atoms with Crippen molar-refractivity contribution in [3.8, 4) is 0 Å². The van der Waals surface area contributed by atoms with Crippen molar-refractivity contribution in [3.63, 3.8) is 0 Å². The Morgan fingerprint density at radius 1 is 1.38 bits per heavy atom. The van der Waals surface area contributed by atoms with Crippen LogP contribution in [0.1, 0.15) is 48.1 Å². The van der Waals surface area contributed by atoms with Crippen molar-refractivity contribution in [2.75, 3.05) is 0 Å². The average molecular weight is 323 g/mol. The molecule has 1 heterocycles. The Labute approximate surface area is 134 Å². The first kappa shape index (κ1) is 15.0. The first-order chi connectivity index (χ1) is 10.1. The van der Waals surface area contributed by atoms with E-state index >= 15 is 0 Å². The van der Waals surface area contributed by atoms with Crippen molar-refractivity contribution in [2.24, 2.45) is 0 Å². The van der Waals surface area contributed by atoms with E-state index in [9.17, 15) is 5.11 Å². The molecule has 1 aromatic carbocycles. The molecule has 2 aromatic rings. The minimum atomic E-state index is -0.552. The third-order valence-corrected chi connectivity index (χ3v) is 5.09. The van der Waals surface area contributed by atoms with Gasteiger partial charge in [-0.25, -0.2) is 4.98 Å². The Balaban J connectivity index is 1.54. The summed E-state index contributed by atoms with van der Waals surface area (Å²) in [5, 5.41) is 17.7. The van der Waals surface area contributed by atoms with Crippen LogP contribution in [0, 0.1) is 0 Å². The zero-order valence-electron chi connectivity index (χ0n) is 11.9. The van der Waals surface area contributed by atoms with Gasteiger partial charge in [0.25, 0.3) is 0 Å². The number of rotatable bonds is 6. The maximum atomic E-state index is 10.3. The molecule has 0 amide bonds. The second kappa shape index (κ2) is 6.44. The fourth-order valence-corrected chi connectivity index (χ4v) is 3.36. The van der Waals surface area contributed by atoms with Gasteiger partial charge in [-0.3, -0.25) is 0 Å². The number of hydrogen-bond donors (Lipinski definition) is 2. The summed E-state index contributed by atoms with van der Waals surface area (Å²) in [6.07, 6.45) is 2.02. The highest BCUT2D eigenvalue weighted by Crippen LogP contribution is 2.41. The van der Waals surface area contributed by atoms with Crippen molar-refractivity contribution < 1.29 is 5.11 Å². The van der Waals surface area contributed by atoms with Crippen LogP contribution >= 0.6 is 22.9 Å². The first-order valence-electron chi connectivity index (χ1n) is 7.24. The summed E-state index contributed by atoms with van der Waals surface area (Å²) >= 11 is 7.62. The molecule has 3 rings (SSSR count). The molecular formula is C16H19ClN2OS. The molecule has 2 atom stereocenters. The molecule has 1 fully saturated rings. The van der Waals surface area contributed by atoms with Crippen LogP contribution in [0.25, 0.3) is 0 Å². The molecule has 21 heavy (non-hydrogen) atoms. The molecule has 1 aromatic heterocycles. The number of benzene rings is 1. The third-order valence-electron chi connectivity index (χ3n) is 3.79. The number of halogens is 1. The molecule has 2 N–H and O–H groups in total. The minimum Gasteiger partial charge on any atom is -0.387 e. The van der Waals surface area contributed by atoms with Gasteiger partial charge < -0.3 is 10.4 Å². The predicted octanol–water partition coefficient (Wildman–Crippen LogP) is 3.89. The van der Waals surface area contributed by atoms with Crippen LogP contribution in [0.2, 0.25) is 5.02 Å². The molecule has 1 aliphatic carbocycles. The van der Waals surface area contributed by atoms with E-state index in [1.54, 1.807) is 23.5 Å². The molecule has 112 valence electrons. The largest absolute Gasteiger partial charge is 0.387 e. The number of thiazole rings is 1. The fraction of sp³-hybridized carbons (Fsp3) is 0.438. The summed E-state index contributed by atoms with van der Waals surface area (Å²) in [5.41, 5.74) is 1.94. The Bertz CT molecular complexity index is 595. The summed E-state index contributed by atoms with van der Waals surface area (Å²) in [6, 6.07) is 7.28. The number of hydrogen-bond acceptors (Lipinski definition) is 4. The lowest BCUT2D eigenvalue weighted by Crippen LogP contribution is -2.31. The lowest BCUT2D eigenvalue weighted by atomic mass is 10.0. The van der Waals surface area contributed by atoms with Gasteiger partial charge in [0.05, 0.1) is 16.8 Å². The van der Waals surface area contributed by atoms with E-state index in [0.29, 0.717) is 17.5 Å². The maximum Gasteiger partial charge on any atom is 0.0959 e. The molecule has 1 saturated carbocycles. The molecule has 2 unspecified atom stereocenters. The number of nitrogens with zero attached hydrogens (tertiary/aromatic N) is 1. The number of nitrogens with one attached hydrogen (secondary N) is 1. The molecule has 3 nitrogen and oxygen atoms in total. The number of aliphatic hydroxyl groups is 1. The number of aliphatic hydroxyl groups excluding tert-OH is 1. The Morgan fingerprint density at radius 2 is 2.10 bits per heavy atom. The first-order valence-corrected chi connectivity index (χ1v) is 8.50. The highest BCUT2D eigenvalue weighted by atomic mass is 35.5. The Kier molecular flexibility index (Phi) is 4.60. The van der Waals surface area contributed by atoms with Gasteiger partial charge in [0, 0.05) is 28.9 Å². The zero-order chi connectivity index (χ0) is 14.8. The Hall–Kier alpha value is -0.940. The van der Waals surface area contributed by atoms with Gasteiger partial charge >= 0.3 is 0 Å². The lowest BCUT2D eigenvalue weighted by Gasteiger charge is -2.20. The predicted molar refractivity (Wildman–Crippen MR) is 86.8 cm³/mol. The van der Waals surface area contributed by atoms with E-state index in [0.717, 1.165) is 11.3 Å². The molecule has 0 bridgehead atoms. The quantitative estimate of drug-likeness (QED) is 0.848. The summed E-state index contributed by atoms with van der Waals surface area (Å²) in [4.78, 5) is 4.64. The van der Waals surface area contributed by atoms with Gasteiger partial charge in [-0.1, -0.05) is 23.7 Å². The number of aromatic nitrogens is 1. The molecular weight excluding hydrogens is 304 g/mol. The van der Waals surface area contributed by atoms with Crippen LogP contribution < -0.4 is 5.32 Å². The zero-order valence-corrected chi connectivity index (χ0v) is 13.5. The second-order valence-electron chi connectivity index (χ2n) is 5.62. The van der Waals surface area contributed by atoms with Crippen molar-refractivity contribution >= 4 is 22.9 Å². The van der Waals surface area contributed by atoms with Crippen molar-refractivity contribution in [2.45, 2.75) is 44.4 Å². The van der Waals surface area contributed by atoms with Crippen molar-refractivity contribution in [1.29, 1.82) is 0 Å². The molecule has 5 heteroatoms. The van der Waals surface area contributed by atoms with Crippen molar-refractivity contribution in [1.82, 2.24) is 10.3 Å². The average Bonchev–Trinajstić information content (AvgIpc) is 3.24. The fourth-order valence-electron chi connectivity index (χ4n) is 2.25. The van der Waals surface area contributed by atoms with E-state index < -0.39 is 6.10 Å². The van der Waals surface area contributed by atoms with Crippen molar-refractivity contribution in [3.05, 3.63) is 50.9 Å². The molecule has 1 aliphatic rings. The van der Waals surface area contributed by atoms with E-state index in [4.69, 9.17) is 11.6 Å². The maximum absolute atomic E-state index is 10.3. The lowest BCUT2D eigenvalue weighted by molar-refractivity contribution is 0.135. The SMILES string of the molecule is CC(NCc1csc(C2CC2)n1)C(O)c1ccc(Cl)cc1. The van der Waals surface area contributed by atoms with Gasteiger partial charge in [-0.05, 0) is 37.5 Å². The van der Waals surface area contributed by atoms with E-state index in [1.807, 2.05) is 19.1 Å². The van der Waals surface area contributed by atoms with Gasteiger partial charge in [-0.15, -0.1) is 11.3 Å². The van der Waals surface area contributed by atoms with Crippen LogP contribution in [0.5, 0.6) is 0 Å². The normalized spacial score (nSPS) is 17.7. The smallest absolute Gasteiger partial charge is 0.0959 e. The van der Waals surface area contributed by atoms with E-state index in [1.165, 1.54) is 17.8 Å². The highest BCUT2D eigenvalue weighted by Gasteiger charge is 2.26. The Morgan fingerprint density at radius 3 is 2.76 bits per heavy atom. The molecule has 0 saturated heterocycles. The molecule has 0 spiro atoms. The third kappa shape index (κ3) is 3.83. The van der Waals surface area contributed by atoms with Gasteiger partial charge in [-0.2, -0.15) is 0 Å². The van der Waals surface area contributed by atoms with Crippen LogP contribution in [0.3, 0.4) is 0 Å². The van der Waals surface area contributed by atoms with Gasteiger partial charge in [0.1, 0.15) is 0 Å².